The maximum Gasteiger partial charge on any atom is 0.234 e. The fourth-order valence-electron chi connectivity index (χ4n) is 2.04. The molecule has 3 heterocycles. The van der Waals surface area contributed by atoms with Crippen LogP contribution in [0.15, 0.2) is 0 Å². The summed E-state index contributed by atoms with van der Waals surface area (Å²) in [4.78, 5) is 0.832. The van der Waals surface area contributed by atoms with Crippen LogP contribution >= 0.6 is 11.3 Å². The smallest absolute Gasteiger partial charge is 0.234 e. The van der Waals surface area contributed by atoms with Gasteiger partial charge in [0.05, 0.1) is 6.04 Å². The Labute approximate surface area is 103 Å². The van der Waals surface area contributed by atoms with Gasteiger partial charge in [0.2, 0.25) is 4.96 Å². The molecular weight excluding hydrogens is 238 g/mol. The minimum atomic E-state index is -0.0516. The molecule has 0 saturated carbocycles. The minimum Gasteiger partial charge on any atom is -0.381 e. The van der Waals surface area contributed by atoms with E-state index < -0.39 is 0 Å². The molecule has 6 nitrogen and oxygen atoms in total. The first-order chi connectivity index (χ1) is 8.25. The highest BCUT2D eigenvalue weighted by atomic mass is 32.1. The highest BCUT2D eigenvalue weighted by Crippen LogP contribution is 2.27. The van der Waals surface area contributed by atoms with Gasteiger partial charge >= 0.3 is 0 Å². The molecule has 0 aromatic carbocycles. The number of fused-ring (bicyclic) bond motifs is 1. The summed E-state index contributed by atoms with van der Waals surface area (Å²) in [6.45, 7) is 3.52. The monoisotopic (exact) mass is 253 g/mol. The van der Waals surface area contributed by atoms with Gasteiger partial charge in [-0.3, -0.25) is 0 Å². The van der Waals surface area contributed by atoms with Crippen molar-refractivity contribution in [2.24, 2.45) is 5.73 Å². The zero-order chi connectivity index (χ0) is 11.8. The van der Waals surface area contributed by atoms with Crippen molar-refractivity contribution in [3.8, 4) is 0 Å². The maximum absolute atomic E-state index is 5.83. The molecule has 7 heteroatoms. The van der Waals surface area contributed by atoms with Gasteiger partial charge in [0.15, 0.2) is 5.82 Å². The fraction of sp³-hybridized carbons (Fsp3) is 0.700. The maximum atomic E-state index is 5.83. The van der Waals surface area contributed by atoms with Gasteiger partial charge in [-0.2, -0.15) is 9.61 Å². The number of nitrogens with zero attached hydrogens (tertiary/aromatic N) is 4. The molecule has 1 fully saturated rings. The molecule has 17 heavy (non-hydrogen) atoms. The van der Waals surface area contributed by atoms with E-state index in [9.17, 15) is 0 Å². The van der Waals surface area contributed by atoms with Crippen LogP contribution in [0.2, 0.25) is 0 Å². The van der Waals surface area contributed by atoms with Crippen LogP contribution in [0.4, 0.5) is 0 Å². The predicted molar refractivity (Wildman–Crippen MR) is 64.1 cm³/mol. The van der Waals surface area contributed by atoms with Crippen molar-refractivity contribution in [1.82, 2.24) is 19.8 Å². The molecule has 0 spiro atoms. The van der Waals surface area contributed by atoms with Crippen molar-refractivity contribution in [1.29, 1.82) is 0 Å². The van der Waals surface area contributed by atoms with Crippen LogP contribution in [0.3, 0.4) is 0 Å². The first kappa shape index (κ1) is 11.1. The Balaban J connectivity index is 1.98. The number of hydrogen-bond donors (Lipinski definition) is 1. The molecule has 92 valence electrons. The van der Waals surface area contributed by atoms with Crippen LogP contribution in [0.1, 0.15) is 42.6 Å². The standard InChI is InChI=1S/C10H15N5OS/c1-6(11)9-14-15-8(12-13-10(15)17-9)7-2-4-16-5-3-7/h6-7H,2-5,11H2,1H3. The highest BCUT2D eigenvalue weighted by molar-refractivity contribution is 7.16. The Morgan fingerprint density at radius 2 is 2.18 bits per heavy atom. The average molecular weight is 253 g/mol. The van der Waals surface area contributed by atoms with Crippen molar-refractivity contribution < 1.29 is 4.74 Å². The summed E-state index contributed by atoms with van der Waals surface area (Å²) in [6, 6.07) is -0.0516. The number of rotatable bonds is 2. The van der Waals surface area contributed by atoms with E-state index in [1.54, 1.807) is 0 Å². The van der Waals surface area contributed by atoms with Crippen LogP contribution in [-0.2, 0) is 4.74 Å². The highest BCUT2D eigenvalue weighted by Gasteiger charge is 2.23. The third-order valence-corrected chi connectivity index (χ3v) is 4.11. The molecule has 1 atom stereocenters. The lowest BCUT2D eigenvalue weighted by Crippen LogP contribution is -2.17. The lowest BCUT2D eigenvalue weighted by atomic mass is 10.00. The summed E-state index contributed by atoms with van der Waals surface area (Å²) in [5.74, 6) is 1.35. The molecule has 1 aliphatic rings. The summed E-state index contributed by atoms with van der Waals surface area (Å²) in [5.41, 5.74) is 5.83. The fourth-order valence-corrected chi connectivity index (χ4v) is 2.84. The van der Waals surface area contributed by atoms with Gasteiger partial charge in [0.25, 0.3) is 0 Å². The molecule has 3 rings (SSSR count). The Morgan fingerprint density at radius 3 is 2.88 bits per heavy atom. The normalized spacial score (nSPS) is 19.9. The minimum absolute atomic E-state index is 0.0516. The van der Waals surface area contributed by atoms with Crippen LogP contribution in [0.25, 0.3) is 4.96 Å². The summed E-state index contributed by atoms with van der Waals surface area (Å²) >= 11 is 1.51. The van der Waals surface area contributed by atoms with Crippen molar-refractivity contribution in [3.05, 3.63) is 10.8 Å². The van der Waals surface area contributed by atoms with Gasteiger partial charge in [-0.1, -0.05) is 11.3 Å². The van der Waals surface area contributed by atoms with E-state index in [4.69, 9.17) is 10.5 Å². The van der Waals surface area contributed by atoms with Crippen LogP contribution in [-0.4, -0.2) is 33.0 Å². The molecule has 2 N–H and O–H groups in total. The summed E-state index contributed by atoms with van der Waals surface area (Å²) in [7, 11) is 0. The van der Waals surface area contributed by atoms with E-state index in [-0.39, 0.29) is 6.04 Å². The second-order valence-electron chi connectivity index (χ2n) is 4.37. The summed E-state index contributed by atoms with van der Waals surface area (Å²) in [5, 5.41) is 13.8. The largest absolute Gasteiger partial charge is 0.381 e. The molecule has 2 aromatic rings. The van der Waals surface area contributed by atoms with Gasteiger partial charge in [-0.25, -0.2) is 0 Å². The molecule has 0 amide bonds. The van der Waals surface area contributed by atoms with E-state index in [1.807, 2.05) is 11.4 Å². The van der Waals surface area contributed by atoms with E-state index >= 15 is 0 Å². The quantitative estimate of drug-likeness (QED) is 0.867. The van der Waals surface area contributed by atoms with Gasteiger partial charge in [0.1, 0.15) is 5.01 Å². The summed E-state index contributed by atoms with van der Waals surface area (Å²) in [6.07, 6.45) is 1.98. The van der Waals surface area contributed by atoms with Crippen LogP contribution in [0.5, 0.6) is 0 Å². The molecule has 0 bridgehead atoms. The molecule has 2 aromatic heterocycles. The molecule has 1 unspecified atom stereocenters. The molecule has 0 radical (unpaired) electrons. The van der Waals surface area contributed by atoms with Gasteiger partial charge in [0, 0.05) is 19.1 Å². The second kappa shape index (κ2) is 4.32. The predicted octanol–water partition coefficient (Wildman–Crippen LogP) is 1.10. The first-order valence-corrected chi connectivity index (χ1v) is 6.62. The van der Waals surface area contributed by atoms with Crippen LogP contribution in [0, 0.1) is 0 Å². The first-order valence-electron chi connectivity index (χ1n) is 5.81. The molecular formula is C10H15N5OS. The third-order valence-electron chi connectivity index (χ3n) is 3.01. The number of nitrogens with two attached hydrogens (primary N) is 1. The van der Waals surface area contributed by atoms with Gasteiger partial charge < -0.3 is 10.5 Å². The van der Waals surface area contributed by atoms with E-state index in [0.29, 0.717) is 5.92 Å². The van der Waals surface area contributed by atoms with Gasteiger partial charge in [-0.15, -0.1) is 10.2 Å². The number of aromatic nitrogens is 4. The Hall–Kier alpha value is -1.05. The lowest BCUT2D eigenvalue weighted by Gasteiger charge is -2.19. The third kappa shape index (κ3) is 1.94. The lowest BCUT2D eigenvalue weighted by molar-refractivity contribution is 0.0831. The number of hydrogen-bond acceptors (Lipinski definition) is 6. The van der Waals surface area contributed by atoms with Crippen molar-refractivity contribution in [2.45, 2.75) is 31.7 Å². The molecule has 0 aliphatic carbocycles. The van der Waals surface area contributed by atoms with E-state index in [0.717, 1.165) is 41.8 Å². The molecule has 1 aliphatic heterocycles. The zero-order valence-corrected chi connectivity index (χ0v) is 10.5. The zero-order valence-electron chi connectivity index (χ0n) is 9.67. The van der Waals surface area contributed by atoms with Gasteiger partial charge in [-0.05, 0) is 19.8 Å². The van der Waals surface area contributed by atoms with E-state index in [2.05, 4.69) is 15.3 Å². The Bertz CT molecular complexity index is 514. The average Bonchev–Trinajstić information content (AvgIpc) is 2.89. The Kier molecular flexibility index (Phi) is 2.81. The van der Waals surface area contributed by atoms with Crippen molar-refractivity contribution >= 4 is 16.3 Å². The SMILES string of the molecule is CC(N)c1nn2c(C3CCOCC3)nnc2s1. The Morgan fingerprint density at radius 1 is 1.41 bits per heavy atom. The van der Waals surface area contributed by atoms with E-state index in [1.165, 1.54) is 11.3 Å². The second-order valence-corrected chi connectivity index (χ2v) is 5.36. The van der Waals surface area contributed by atoms with Crippen molar-refractivity contribution in [2.75, 3.05) is 13.2 Å². The van der Waals surface area contributed by atoms with Crippen molar-refractivity contribution in [3.63, 3.8) is 0 Å². The molecule has 1 saturated heterocycles. The number of ether oxygens (including phenoxy) is 1. The van der Waals surface area contributed by atoms with Crippen LogP contribution < -0.4 is 5.73 Å². The summed E-state index contributed by atoms with van der Waals surface area (Å²) < 4.78 is 7.20. The topological polar surface area (TPSA) is 78.3 Å².